The van der Waals surface area contributed by atoms with Gasteiger partial charge >= 0.3 is 6.09 Å². The third-order valence-electron chi connectivity index (χ3n) is 5.36. The topological polar surface area (TPSA) is 87.2 Å². The molecule has 1 fully saturated rings. The van der Waals surface area contributed by atoms with Crippen LogP contribution in [0.3, 0.4) is 0 Å². The van der Waals surface area contributed by atoms with Crippen molar-refractivity contribution in [3.63, 3.8) is 0 Å². The first-order chi connectivity index (χ1) is 16.6. The molecule has 1 saturated heterocycles. The highest BCUT2D eigenvalue weighted by atomic mass is 16.6. The number of phenolic OH excluding ortho intramolecular Hbond substituents is 1. The van der Waals surface area contributed by atoms with Crippen LogP contribution in [-0.2, 0) is 14.3 Å². The zero-order chi connectivity index (χ0) is 25.4. The van der Waals surface area contributed by atoms with Gasteiger partial charge in [-0.15, -0.1) is 0 Å². The van der Waals surface area contributed by atoms with Crippen molar-refractivity contribution in [3.8, 4) is 5.75 Å². The highest BCUT2D eigenvalue weighted by Crippen LogP contribution is 2.24. The Balaban J connectivity index is 1.56. The van der Waals surface area contributed by atoms with Gasteiger partial charge in [0.1, 0.15) is 11.4 Å². The molecule has 7 nitrogen and oxygen atoms in total. The van der Waals surface area contributed by atoms with Crippen LogP contribution in [0, 0.1) is 0 Å². The lowest BCUT2D eigenvalue weighted by atomic mass is 10.1. The number of aromatic hydroxyl groups is 1. The van der Waals surface area contributed by atoms with Crippen LogP contribution in [0.15, 0.2) is 60.7 Å². The summed E-state index contributed by atoms with van der Waals surface area (Å²) in [5, 5.41) is 9.31. The standard InChI is InChI=1S/C28H32N2O5/c1-28(2,3)35-27(34)30-18-16-29(17-19-30)26-7-5-4-6-22(26)11-15-25(33)20-24(32)14-10-21-8-12-23(31)13-9-21/h4-15,31H,16-20H2,1-3H3/b14-10+,15-11+. The SMILES string of the molecule is CC(C)(C)OC(=O)N1CCN(c2ccccc2/C=C/C(=O)CC(=O)/C=C/c2ccc(O)cc2)CC1. The number of ether oxygens (including phenoxy) is 1. The number of benzene rings is 2. The van der Waals surface area contributed by atoms with Gasteiger partial charge in [-0.2, -0.15) is 0 Å². The minimum Gasteiger partial charge on any atom is -0.508 e. The van der Waals surface area contributed by atoms with E-state index in [0.717, 1.165) is 16.8 Å². The molecule has 7 heteroatoms. The van der Waals surface area contributed by atoms with Gasteiger partial charge in [-0.1, -0.05) is 36.4 Å². The van der Waals surface area contributed by atoms with Crippen LogP contribution in [0.2, 0.25) is 0 Å². The number of nitrogens with zero attached hydrogens (tertiary/aromatic N) is 2. The average Bonchev–Trinajstić information content (AvgIpc) is 2.81. The molecule has 1 aliphatic rings. The summed E-state index contributed by atoms with van der Waals surface area (Å²) in [4.78, 5) is 40.7. The minimum absolute atomic E-state index is 0.152. The maximum absolute atomic E-state index is 12.4. The summed E-state index contributed by atoms with van der Waals surface area (Å²) in [6.45, 7) is 7.96. The van der Waals surface area contributed by atoms with E-state index in [1.54, 1.807) is 29.2 Å². The predicted octanol–water partition coefficient (Wildman–Crippen LogP) is 4.70. The Kier molecular flexibility index (Phi) is 8.47. The van der Waals surface area contributed by atoms with E-state index in [1.807, 2.05) is 45.0 Å². The quantitative estimate of drug-likeness (QED) is 0.460. The van der Waals surface area contributed by atoms with Crippen LogP contribution in [0.1, 0.15) is 38.3 Å². The Bertz CT molecular complexity index is 1100. The monoisotopic (exact) mass is 476 g/mol. The second-order valence-electron chi connectivity index (χ2n) is 9.38. The lowest BCUT2D eigenvalue weighted by Gasteiger charge is -2.37. The molecule has 0 radical (unpaired) electrons. The van der Waals surface area contributed by atoms with Gasteiger partial charge in [0, 0.05) is 31.9 Å². The van der Waals surface area contributed by atoms with Crippen molar-refractivity contribution in [1.82, 2.24) is 4.90 Å². The smallest absolute Gasteiger partial charge is 0.410 e. The van der Waals surface area contributed by atoms with Crippen LogP contribution >= 0.6 is 0 Å². The third-order valence-corrected chi connectivity index (χ3v) is 5.36. The molecule has 0 spiro atoms. The van der Waals surface area contributed by atoms with Crippen molar-refractivity contribution < 1.29 is 24.2 Å². The highest BCUT2D eigenvalue weighted by molar-refractivity contribution is 6.11. The molecule has 2 aromatic carbocycles. The summed E-state index contributed by atoms with van der Waals surface area (Å²) >= 11 is 0. The number of carbonyl (C=O) groups excluding carboxylic acids is 3. The number of phenols is 1. The predicted molar refractivity (Wildman–Crippen MR) is 137 cm³/mol. The first-order valence-electron chi connectivity index (χ1n) is 11.6. The zero-order valence-electron chi connectivity index (χ0n) is 20.4. The number of allylic oxidation sites excluding steroid dienone is 2. The van der Waals surface area contributed by atoms with Crippen molar-refractivity contribution in [2.45, 2.75) is 32.8 Å². The van der Waals surface area contributed by atoms with E-state index in [1.165, 1.54) is 24.3 Å². The second-order valence-corrected chi connectivity index (χ2v) is 9.38. The van der Waals surface area contributed by atoms with Crippen molar-refractivity contribution >= 4 is 35.5 Å². The number of ketones is 2. The molecule has 3 rings (SSSR count). The number of amides is 1. The summed E-state index contributed by atoms with van der Waals surface area (Å²) in [6, 6.07) is 14.2. The molecule has 1 N–H and O–H groups in total. The number of anilines is 1. The van der Waals surface area contributed by atoms with E-state index in [0.29, 0.717) is 26.2 Å². The molecular formula is C28H32N2O5. The van der Waals surface area contributed by atoms with Crippen LogP contribution in [-0.4, -0.2) is 59.4 Å². The first kappa shape index (κ1) is 25.7. The van der Waals surface area contributed by atoms with Gasteiger partial charge in [0.15, 0.2) is 11.6 Å². The molecule has 184 valence electrons. The van der Waals surface area contributed by atoms with Gasteiger partial charge in [0.2, 0.25) is 0 Å². The molecule has 0 bridgehead atoms. The fourth-order valence-electron chi connectivity index (χ4n) is 3.62. The average molecular weight is 477 g/mol. The van der Waals surface area contributed by atoms with E-state index in [9.17, 15) is 19.5 Å². The van der Waals surface area contributed by atoms with Gasteiger partial charge in [0.05, 0.1) is 6.42 Å². The maximum atomic E-state index is 12.4. The molecular weight excluding hydrogens is 444 g/mol. The van der Waals surface area contributed by atoms with Crippen molar-refractivity contribution in [2.75, 3.05) is 31.1 Å². The molecule has 0 unspecified atom stereocenters. The number of piperazine rings is 1. The minimum atomic E-state index is -0.527. The molecule has 0 atom stereocenters. The molecule has 0 aromatic heterocycles. The molecule has 1 aliphatic heterocycles. The fourth-order valence-corrected chi connectivity index (χ4v) is 3.62. The summed E-state index contributed by atoms with van der Waals surface area (Å²) < 4.78 is 5.46. The number of carbonyl (C=O) groups is 3. The third kappa shape index (κ3) is 8.14. The summed E-state index contributed by atoms with van der Waals surface area (Å²) in [7, 11) is 0. The Morgan fingerprint density at radius 3 is 2.11 bits per heavy atom. The normalized spacial score (nSPS) is 14.5. The lowest BCUT2D eigenvalue weighted by molar-refractivity contribution is -0.121. The first-order valence-corrected chi connectivity index (χ1v) is 11.6. The Labute approximate surface area is 206 Å². The van der Waals surface area contributed by atoms with Crippen molar-refractivity contribution in [1.29, 1.82) is 0 Å². The van der Waals surface area contributed by atoms with Gasteiger partial charge in [-0.25, -0.2) is 4.79 Å². The van der Waals surface area contributed by atoms with E-state index >= 15 is 0 Å². The Morgan fingerprint density at radius 2 is 1.49 bits per heavy atom. The van der Waals surface area contributed by atoms with E-state index < -0.39 is 5.60 Å². The summed E-state index contributed by atoms with van der Waals surface area (Å²) in [5.74, 6) is -0.423. The van der Waals surface area contributed by atoms with Gasteiger partial charge < -0.3 is 19.6 Å². The summed E-state index contributed by atoms with van der Waals surface area (Å²) in [6.07, 6.45) is 5.63. The summed E-state index contributed by atoms with van der Waals surface area (Å²) in [5.41, 5.74) is 2.08. The molecule has 1 heterocycles. The Hall–Kier alpha value is -3.87. The Morgan fingerprint density at radius 1 is 0.886 bits per heavy atom. The van der Waals surface area contributed by atoms with Gasteiger partial charge in [-0.3, -0.25) is 9.59 Å². The van der Waals surface area contributed by atoms with Crippen molar-refractivity contribution in [3.05, 3.63) is 71.8 Å². The molecule has 0 aliphatic carbocycles. The highest BCUT2D eigenvalue weighted by Gasteiger charge is 2.26. The van der Waals surface area contributed by atoms with Crippen LogP contribution in [0.25, 0.3) is 12.2 Å². The number of para-hydroxylation sites is 1. The molecule has 1 amide bonds. The van der Waals surface area contributed by atoms with Crippen molar-refractivity contribution in [2.24, 2.45) is 0 Å². The van der Waals surface area contributed by atoms with E-state index in [-0.39, 0.29) is 29.8 Å². The molecule has 2 aromatic rings. The number of hydrogen-bond acceptors (Lipinski definition) is 6. The van der Waals surface area contributed by atoms with Gasteiger partial charge in [0.25, 0.3) is 0 Å². The fraction of sp³-hybridized carbons (Fsp3) is 0.321. The van der Waals surface area contributed by atoms with Crippen LogP contribution < -0.4 is 4.90 Å². The number of rotatable bonds is 7. The second kappa shape index (κ2) is 11.5. The van der Waals surface area contributed by atoms with Crippen LogP contribution in [0.5, 0.6) is 5.75 Å². The largest absolute Gasteiger partial charge is 0.508 e. The van der Waals surface area contributed by atoms with E-state index in [4.69, 9.17) is 4.74 Å². The lowest BCUT2D eigenvalue weighted by Crippen LogP contribution is -2.50. The maximum Gasteiger partial charge on any atom is 0.410 e. The van der Waals surface area contributed by atoms with E-state index in [2.05, 4.69) is 4.90 Å². The zero-order valence-corrected chi connectivity index (χ0v) is 20.4. The van der Waals surface area contributed by atoms with Crippen LogP contribution in [0.4, 0.5) is 10.5 Å². The molecule has 35 heavy (non-hydrogen) atoms. The molecule has 0 saturated carbocycles. The van der Waals surface area contributed by atoms with Gasteiger partial charge in [-0.05, 0) is 68.3 Å². The number of hydrogen-bond donors (Lipinski definition) is 1.